The van der Waals surface area contributed by atoms with Crippen LogP contribution in [-0.2, 0) is 6.54 Å². The SMILES string of the molecule is NCc1ccc(N2CCC(O)CC2)cc1F. The van der Waals surface area contributed by atoms with Crippen LogP contribution in [0.5, 0.6) is 0 Å². The Balaban J connectivity index is 2.12. The van der Waals surface area contributed by atoms with Gasteiger partial charge in [0.25, 0.3) is 0 Å². The van der Waals surface area contributed by atoms with Gasteiger partial charge in [0.1, 0.15) is 5.82 Å². The summed E-state index contributed by atoms with van der Waals surface area (Å²) in [6, 6.07) is 5.15. The summed E-state index contributed by atoms with van der Waals surface area (Å²) in [6.07, 6.45) is 1.30. The summed E-state index contributed by atoms with van der Waals surface area (Å²) in [5.41, 5.74) is 6.83. The number of aliphatic hydroxyl groups excluding tert-OH is 1. The Bertz CT molecular complexity index is 362. The van der Waals surface area contributed by atoms with Crippen molar-refractivity contribution in [2.24, 2.45) is 5.73 Å². The summed E-state index contributed by atoms with van der Waals surface area (Å²) in [4.78, 5) is 2.09. The maximum atomic E-state index is 13.5. The highest BCUT2D eigenvalue weighted by Crippen LogP contribution is 2.22. The molecule has 1 aromatic rings. The van der Waals surface area contributed by atoms with Crippen molar-refractivity contribution in [1.82, 2.24) is 0 Å². The predicted octanol–water partition coefficient (Wildman–Crippen LogP) is 1.25. The Kier molecular flexibility index (Phi) is 3.41. The van der Waals surface area contributed by atoms with Gasteiger partial charge in [0.2, 0.25) is 0 Å². The zero-order valence-corrected chi connectivity index (χ0v) is 9.19. The van der Waals surface area contributed by atoms with E-state index in [4.69, 9.17) is 5.73 Å². The van der Waals surface area contributed by atoms with Crippen molar-refractivity contribution in [3.05, 3.63) is 29.6 Å². The number of halogens is 1. The van der Waals surface area contributed by atoms with Gasteiger partial charge in [-0.15, -0.1) is 0 Å². The average Bonchev–Trinajstić information content (AvgIpc) is 2.30. The molecule has 1 aromatic carbocycles. The van der Waals surface area contributed by atoms with E-state index in [0.29, 0.717) is 5.56 Å². The molecule has 0 aliphatic carbocycles. The first-order chi connectivity index (χ1) is 7.70. The van der Waals surface area contributed by atoms with Crippen molar-refractivity contribution in [2.45, 2.75) is 25.5 Å². The molecule has 0 spiro atoms. The van der Waals surface area contributed by atoms with Crippen LogP contribution in [-0.4, -0.2) is 24.3 Å². The van der Waals surface area contributed by atoms with E-state index < -0.39 is 0 Å². The van der Waals surface area contributed by atoms with E-state index in [2.05, 4.69) is 4.90 Å². The fourth-order valence-corrected chi connectivity index (χ4v) is 2.02. The molecule has 4 heteroatoms. The second kappa shape index (κ2) is 4.80. The Morgan fingerprint density at radius 3 is 2.62 bits per heavy atom. The molecule has 0 amide bonds. The number of benzene rings is 1. The topological polar surface area (TPSA) is 49.5 Å². The largest absolute Gasteiger partial charge is 0.393 e. The molecule has 1 aliphatic heterocycles. The van der Waals surface area contributed by atoms with Crippen LogP contribution in [0.15, 0.2) is 18.2 Å². The van der Waals surface area contributed by atoms with E-state index in [0.717, 1.165) is 31.6 Å². The molecule has 1 fully saturated rings. The lowest BCUT2D eigenvalue weighted by Gasteiger charge is -2.31. The number of anilines is 1. The van der Waals surface area contributed by atoms with E-state index in [9.17, 15) is 9.50 Å². The minimum Gasteiger partial charge on any atom is -0.393 e. The fraction of sp³-hybridized carbons (Fsp3) is 0.500. The number of hydrogen-bond donors (Lipinski definition) is 2. The van der Waals surface area contributed by atoms with Gasteiger partial charge in [-0.1, -0.05) is 6.07 Å². The lowest BCUT2D eigenvalue weighted by atomic mass is 10.1. The quantitative estimate of drug-likeness (QED) is 0.794. The number of aliphatic hydroxyl groups is 1. The van der Waals surface area contributed by atoms with Gasteiger partial charge in [-0.2, -0.15) is 0 Å². The predicted molar refractivity (Wildman–Crippen MR) is 61.7 cm³/mol. The van der Waals surface area contributed by atoms with Gasteiger partial charge in [-0.25, -0.2) is 4.39 Å². The monoisotopic (exact) mass is 224 g/mol. The van der Waals surface area contributed by atoms with Gasteiger partial charge in [-0.3, -0.25) is 0 Å². The van der Waals surface area contributed by atoms with Crippen LogP contribution in [0.4, 0.5) is 10.1 Å². The summed E-state index contributed by atoms with van der Waals surface area (Å²) in [6.45, 7) is 1.79. The Morgan fingerprint density at radius 2 is 2.06 bits per heavy atom. The number of piperidine rings is 1. The Labute approximate surface area is 94.7 Å². The molecule has 0 saturated carbocycles. The van der Waals surface area contributed by atoms with E-state index in [1.165, 1.54) is 6.07 Å². The molecule has 3 N–H and O–H groups in total. The number of nitrogens with zero attached hydrogens (tertiary/aromatic N) is 1. The third kappa shape index (κ3) is 2.33. The van der Waals surface area contributed by atoms with Crippen LogP contribution >= 0.6 is 0 Å². The molecular formula is C12H17FN2O. The minimum atomic E-state index is -0.244. The number of nitrogens with two attached hydrogens (primary N) is 1. The van der Waals surface area contributed by atoms with E-state index in [-0.39, 0.29) is 18.5 Å². The lowest BCUT2D eigenvalue weighted by Crippen LogP contribution is -2.35. The van der Waals surface area contributed by atoms with Crippen LogP contribution < -0.4 is 10.6 Å². The maximum absolute atomic E-state index is 13.5. The van der Waals surface area contributed by atoms with Gasteiger partial charge in [0.05, 0.1) is 6.10 Å². The summed E-state index contributed by atoms with van der Waals surface area (Å²) < 4.78 is 13.5. The van der Waals surface area contributed by atoms with Crippen molar-refractivity contribution in [2.75, 3.05) is 18.0 Å². The molecular weight excluding hydrogens is 207 g/mol. The summed E-state index contributed by atoms with van der Waals surface area (Å²) in [5, 5.41) is 9.39. The van der Waals surface area contributed by atoms with Gasteiger partial charge >= 0.3 is 0 Å². The van der Waals surface area contributed by atoms with Gasteiger partial charge in [0.15, 0.2) is 0 Å². The molecule has 0 aromatic heterocycles. The highest BCUT2D eigenvalue weighted by Gasteiger charge is 2.17. The first-order valence-corrected chi connectivity index (χ1v) is 5.62. The van der Waals surface area contributed by atoms with Crippen molar-refractivity contribution in [1.29, 1.82) is 0 Å². The molecule has 3 nitrogen and oxygen atoms in total. The summed E-state index contributed by atoms with van der Waals surface area (Å²) in [7, 11) is 0. The number of hydrogen-bond acceptors (Lipinski definition) is 3. The first-order valence-electron chi connectivity index (χ1n) is 5.62. The van der Waals surface area contributed by atoms with Crippen LogP contribution in [0.2, 0.25) is 0 Å². The van der Waals surface area contributed by atoms with Crippen LogP contribution in [0.25, 0.3) is 0 Å². The number of rotatable bonds is 2. The molecule has 1 heterocycles. The van der Waals surface area contributed by atoms with Crippen LogP contribution in [0, 0.1) is 5.82 Å². The Morgan fingerprint density at radius 1 is 1.38 bits per heavy atom. The second-order valence-electron chi connectivity index (χ2n) is 4.20. The molecule has 0 bridgehead atoms. The van der Waals surface area contributed by atoms with Gasteiger partial charge in [-0.05, 0) is 25.0 Å². The highest BCUT2D eigenvalue weighted by molar-refractivity contribution is 5.48. The molecule has 2 rings (SSSR count). The van der Waals surface area contributed by atoms with Crippen molar-refractivity contribution in [3.8, 4) is 0 Å². The molecule has 1 saturated heterocycles. The van der Waals surface area contributed by atoms with E-state index in [1.54, 1.807) is 6.07 Å². The normalized spacial score (nSPS) is 17.8. The first kappa shape index (κ1) is 11.4. The van der Waals surface area contributed by atoms with Crippen molar-refractivity contribution in [3.63, 3.8) is 0 Å². The molecule has 0 atom stereocenters. The highest BCUT2D eigenvalue weighted by atomic mass is 19.1. The molecule has 88 valence electrons. The maximum Gasteiger partial charge on any atom is 0.129 e. The Hall–Kier alpha value is -1.13. The lowest BCUT2D eigenvalue weighted by molar-refractivity contribution is 0.145. The van der Waals surface area contributed by atoms with E-state index in [1.807, 2.05) is 6.07 Å². The van der Waals surface area contributed by atoms with Crippen LogP contribution in [0.3, 0.4) is 0 Å². The average molecular weight is 224 g/mol. The minimum absolute atomic E-state index is 0.204. The summed E-state index contributed by atoms with van der Waals surface area (Å²) in [5.74, 6) is -0.244. The van der Waals surface area contributed by atoms with Crippen molar-refractivity contribution >= 4 is 5.69 Å². The van der Waals surface area contributed by atoms with Crippen LogP contribution in [0.1, 0.15) is 18.4 Å². The van der Waals surface area contributed by atoms with Gasteiger partial charge in [0, 0.05) is 30.9 Å². The third-order valence-corrected chi connectivity index (χ3v) is 3.09. The van der Waals surface area contributed by atoms with Crippen molar-refractivity contribution < 1.29 is 9.50 Å². The van der Waals surface area contributed by atoms with E-state index >= 15 is 0 Å². The second-order valence-corrected chi connectivity index (χ2v) is 4.20. The standard InChI is InChI=1S/C12H17FN2O/c13-12-7-10(2-1-9(12)8-14)15-5-3-11(16)4-6-15/h1-2,7,11,16H,3-6,8,14H2. The van der Waals surface area contributed by atoms with Gasteiger partial charge < -0.3 is 15.7 Å². The molecule has 16 heavy (non-hydrogen) atoms. The molecule has 1 aliphatic rings. The summed E-state index contributed by atoms with van der Waals surface area (Å²) >= 11 is 0. The zero-order valence-electron chi connectivity index (χ0n) is 9.19. The molecule has 0 unspecified atom stereocenters. The molecule has 0 radical (unpaired) electrons. The zero-order chi connectivity index (χ0) is 11.5. The third-order valence-electron chi connectivity index (χ3n) is 3.09. The smallest absolute Gasteiger partial charge is 0.129 e. The fourth-order valence-electron chi connectivity index (χ4n) is 2.02.